The third-order valence-electron chi connectivity index (χ3n) is 5.06. The van der Waals surface area contributed by atoms with E-state index in [4.69, 9.17) is 0 Å². The van der Waals surface area contributed by atoms with Gasteiger partial charge in [-0.3, -0.25) is 4.79 Å². The molecule has 0 aliphatic carbocycles. The number of hydrogen-bond acceptors (Lipinski definition) is 4. The molecular weight excluding hydrogens is 338 g/mol. The maximum Gasteiger partial charge on any atom is 0.243 e. The van der Waals surface area contributed by atoms with Crippen LogP contribution in [0.5, 0.6) is 0 Å². The molecule has 25 heavy (non-hydrogen) atoms. The van der Waals surface area contributed by atoms with E-state index in [-0.39, 0.29) is 11.8 Å². The van der Waals surface area contributed by atoms with Crippen LogP contribution in [0.25, 0.3) is 0 Å². The summed E-state index contributed by atoms with van der Waals surface area (Å²) in [5.74, 6) is -0.102. The number of carbonyl (C=O) groups is 1. The van der Waals surface area contributed by atoms with Gasteiger partial charge in [-0.05, 0) is 56.8 Å². The first kappa shape index (κ1) is 18.4. The molecule has 2 aliphatic heterocycles. The predicted octanol–water partition coefficient (Wildman–Crippen LogP) is 2.11. The van der Waals surface area contributed by atoms with Crippen molar-refractivity contribution in [3.8, 4) is 0 Å². The van der Waals surface area contributed by atoms with E-state index >= 15 is 0 Å². The number of piperidine rings is 2. The highest BCUT2D eigenvalue weighted by Crippen LogP contribution is 2.26. The van der Waals surface area contributed by atoms with Crippen LogP contribution in [0.4, 0.5) is 5.69 Å². The summed E-state index contributed by atoms with van der Waals surface area (Å²) in [5, 5.41) is 6.12. The predicted molar refractivity (Wildman–Crippen MR) is 98.0 cm³/mol. The first-order valence-corrected chi connectivity index (χ1v) is 10.5. The monoisotopic (exact) mass is 365 g/mol. The normalized spacial score (nSPS) is 22.5. The van der Waals surface area contributed by atoms with Gasteiger partial charge >= 0.3 is 0 Å². The fourth-order valence-corrected chi connectivity index (χ4v) is 5.29. The van der Waals surface area contributed by atoms with Gasteiger partial charge in [0.2, 0.25) is 15.9 Å². The highest BCUT2D eigenvalue weighted by molar-refractivity contribution is 7.89. The van der Waals surface area contributed by atoms with E-state index in [9.17, 15) is 13.2 Å². The third kappa shape index (κ3) is 4.22. The van der Waals surface area contributed by atoms with Gasteiger partial charge in [-0.25, -0.2) is 8.42 Å². The summed E-state index contributed by atoms with van der Waals surface area (Å²) >= 11 is 0. The van der Waals surface area contributed by atoms with Crippen LogP contribution in [0, 0.1) is 12.8 Å². The van der Waals surface area contributed by atoms with E-state index in [0.29, 0.717) is 35.8 Å². The minimum absolute atomic E-state index is 0.0441. The topological polar surface area (TPSA) is 78.5 Å². The molecule has 3 rings (SSSR count). The molecule has 1 aromatic carbocycles. The molecule has 2 saturated heterocycles. The van der Waals surface area contributed by atoms with E-state index < -0.39 is 10.0 Å². The fourth-order valence-electron chi connectivity index (χ4n) is 3.52. The molecule has 0 radical (unpaired) electrons. The summed E-state index contributed by atoms with van der Waals surface area (Å²) in [5.41, 5.74) is 1.26. The van der Waals surface area contributed by atoms with Gasteiger partial charge < -0.3 is 10.6 Å². The minimum Gasteiger partial charge on any atom is -0.326 e. The molecular formula is C18H27N3O3S. The molecule has 1 amide bonds. The van der Waals surface area contributed by atoms with Gasteiger partial charge in [0.1, 0.15) is 0 Å². The maximum absolute atomic E-state index is 13.0. The van der Waals surface area contributed by atoms with Crippen molar-refractivity contribution >= 4 is 21.6 Å². The highest BCUT2D eigenvalue weighted by Gasteiger charge is 2.28. The molecule has 0 bridgehead atoms. The van der Waals surface area contributed by atoms with Crippen LogP contribution in [0.1, 0.15) is 37.7 Å². The van der Waals surface area contributed by atoms with Crippen molar-refractivity contribution in [2.75, 3.05) is 31.5 Å². The van der Waals surface area contributed by atoms with E-state index in [1.807, 2.05) is 0 Å². The molecule has 1 atom stereocenters. The molecule has 0 saturated carbocycles. The number of sulfonamides is 1. The summed E-state index contributed by atoms with van der Waals surface area (Å²) in [6, 6.07) is 5.15. The van der Waals surface area contributed by atoms with E-state index in [2.05, 4.69) is 10.6 Å². The average Bonchev–Trinajstić information content (AvgIpc) is 2.64. The van der Waals surface area contributed by atoms with Gasteiger partial charge in [0.05, 0.1) is 10.8 Å². The van der Waals surface area contributed by atoms with Gasteiger partial charge in [-0.1, -0.05) is 12.5 Å². The van der Waals surface area contributed by atoms with Gasteiger partial charge in [-0.2, -0.15) is 4.31 Å². The molecule has 1 aromatic rings. The number of carbonyl (C=O) groups excluding carboxylic acids is 1. The molecule has 138 valence electrons. The summed E-state index contributed by atoms with van der Waals surface area (Å²) in [6.45, 7) is 4.58. The van der Waals surface area contributed by atoms with Gasteiger partial charge in [0.15, 0.2) is 0 Å². The lowest BCUT2D eigenvalue weighted by atomic mass is 9.99. The Morgan fingerprint density at radius 3 is 2.64 bits per heavy atom. The Labute approximate surface area is 150 Å². The second kappa shape index (κ2) is 7.85. The standard InChI is InChI=1S/C18H27N3O3S/c1-14-7-8-16(20-18(22)15-6-5-9-19-13-15)12-17(14)25(23,24)21-10-3-2-4-11-21/h7-8,12,15,19H,2-6,9-11,13H2,1H3,(H,20,22). The van der Waals surface area contributed by atoms with Gasteiger partial charge in [0.25, 0.3) is 0 Å². The summed E-state index contributed by atoms with van der Waals surface area (Å²) in [6.07, 6.45) is 4.74. The number of aryl methyl sites for hydroxylation is 1. The van der Waals surface area contributed by atoms with Crippen molar-refractivity contribution in [2.45, 2.75) is 43.9 Å². The largest absolute Gasteiger partial charge is 0.326 e. The van der Waals surface area contributed by atoms with E-state index in [1.165, 1.54) is 0 Å². The van der Waals surface area contributed by atoms with Crippen molar-refractivity contribution in [1.82, 2.24) is 9.62 Å². The SMILES string of the molecule is Cc1ccc(NC(=O)C2CCCNC2)cc1S(=O)(=O)N1CCCCC1. The number of nitrogens with one attached hydrogen (secondary N) is 2. The van der Waals surface area contributed by atoms with Crippen LogP contribution in [0.15, 0.2) is 23.1 Å². The minimum atomic E-state index is -3.51. The molecule has 2 aliphatic rings. The second-order valence-electron chi connectivity index (χ2n) is 6.98. The number of nitrogens with zero attached hydrogens (tertiary/aromatic N) is 1. The Balaban J connectivity index is 1.79. The zero-order valence-corrected chi connectivity index (χ0v) is 15.6. The quantitative estimate of drug-likeness (QED) is 0.857. The Morgan fingerprint density at radius 1 is 1.20 bits per heavy atom. The number of rotatable bonds is 4. The number of hydrogen-bond donors (Lipinski definition) is 2. The van der Waals surface area contributed by atoms with Crippen molar-refractivity contribution in [2.24, 2.45) is 5.92 Å². The van der Waals surface area contributed by atoms with Crippen LogP contribution in [0.2, 0.25) is 0 Å². The van der Waals surface area contributed by atoms with Crippen molar-refractivity contribution in [3.05, 3.63) is 23.8 Å². The Hall–Kier alpha value is -1.44. The smallest absolute Gasteiger partial charge is 0.243 e. The second-order valence-corrected chi connectivity index (χ2v) is 8.88. The average molecular weight is 365 g/mol. The zero-order chi connectivity index (χ0) is 17.9. The molecule has 2 fully saturated rings. The van der Waals surface area contributed by atoms with Crippen LogP contribution >= 0.6 is 0 Å². The van der Waals surface area contributed by atoms with Gasteiger partial charge in [0, 0.05) is 25.3 Å². The number of benzene rings is 1. The Bertz CT molecular complexity index is 721. The molecule has 7 heteroatoms. The van der Waals surface area contributed by atoms with E-state index in [0.717, 1.165) is 38.6 Å². The van der Waals surface area contributed by atoms with E-state index in [1.54, 1.807) is 29.4 Å². The number of anilines is 1. The Kier molecular flexibility index (Phi) is 5.76. The van der Waals surface area contributed by atoms with Gasteiger partial charge in [-0.15, -0.1) is 0 Å². The van der Waals surface area contributed by atoms with Crippen molar-refractivity contribution in [1.29, 1.82) is 0 Å². The molecule has 2 heterocycles. The molecule has 0 aromatic heterocycles. The van der Waals surface area contributed by atoms with Crippen LogP contribution in [-0.2, 0) is 14.8 Å². The third-order valence-corrected chi connectivity index (χ3v) is 7.10. The van der Waals surface area contributed by atoms with Crippen molar-refractivity contribution < 1.29 is 13.2 Å². The van der Waals surface area contributed by atoms with Crippen LogP contribution in [-0.4, -0.2) is 44.8 Å². The molecule has 6 nitrogen and oxygen atoms in total. The number of amides is 1. The van der Waals surface area contributed by atoms with Crippen molar-refractivity contribution in [3.63, 3.8) is 0 Å². The summed E-state index contributed by atoms with van der Waals surface area (Å²) in [4.78, 5) is 12.7. The summed E-state index contributed by atoms with van der Waals surface area (Å²) in [7, 11) is -3.51. The fraction of sp³-hybridized carbons (Fsp3) is 0.611. The maximum atomic E-state index is 13.0. The molecule has 0 spiro atoms. The zero-order valence-electron chi connectivity index (χ0n) is 14.8. The van der Waals surface area contributed by atoms with Crippen LogP contribution in [0.3, 0.4) is 0 Å². The lowest BCUT2D eigenvalue weighted by Gasteiger charge is -2.27. The lowest BCUT2D eigenvalue weighted by molar-refractivity contribution is -0.120. The van der Waals surface area contributed by atoms with Crippen LogP contribution < -0.4 is 10.6 Å². The summed E-state index contributed by atoms with van der Waals surface area (Å²) < 4.78 is 27.5. The first-order valence-electron chi connectivity index (χ1n) is 9.11. The Morgan fingerprint density at radius 2 is 1.96 bits per heavy atom. The molecule has 2 N–H and O–H groups in total. The molecule has 1 unspecified atom stereocenters. The first-order chi connectivity index (χ1) is 12.0. The lowest BCUT2D eigenvalue weighted by Crippen LogP contribution is -2.37. The highest BCUT2D eigenvalue weighted by atomic mass is 32.2.